The van der Waals surface area contributed by atoms with Gasteiger partial charge in [0, 0.05) is 7.11 Å². The summed E-state index contributed by atoms with van der Waals surface area (Å²) in [5.74, 6) is 1.71. The van der Waals surface area contributed by atoms with E-state index in [2.05, 4.69) is 19.1 Å². The zero-order chi connectivity index (χ0) is 12.8. The third-order valence-corrected chi connectivity index (χ3v) is 2.80. The summed E-state index contributed by atoms with van der Waals surface area (Å²) in [6.07, 6.45) is 1.05. The van der Waals surface area contributed by atoms with E-state index in [-0.39, 0.29) is 0 Å². The molecule has 0 aliphatic rings. The number of benzene rings is 2. The van der Waals surface area contributed by atoms with E-state index in [1.54, 1.807) is 7.11 Å². The summed E-state index contributed by atoms with van der Waals surface area (Å²) in [4.78, 5) is 0. The molecular formula is C16H18O2. The molecule has 0 bridgehead atoms. The maximum Gasteiger partial charge on any atom is 0.127 e. The van der Waals surface area contributed by atoms with E-state index >= 15 is 0 Å². The smallest absolute Gasteiger partial charge is 0.127 e. The molecule has 0 aromatic heterocycles. The van der Waals surface area contributed by atoms with Gasteiger partial charge in [0.15, 0.2) is 0 Å². The van der Waals surface area contributed by atoms with Crippen molar-refractivity contribution in [3.63, 3.8) is 0 Å². The first-order valence-electron chi connectivity index (χ1n) is 6.16. The lowest BCUT2D eigenvalue weighted by atomic mass is 10.2. The largest absolute Gasteiger partial charge is 0.457 e. The van der Waals surface area contributed by atoms with Crippen LogP contribution < -0.4 is 4.74 Å². The molecule has 94 valence electrons. The average Bonchev–Trinajstić information content (AvgIpc) is 2.42. The molecule has 0 heterocycles. The Morgan fingerprint density at radius 3 is 1.72 bits per heavy atom. The number of hydrogen-bond acceptors (Lipinski definition) is 2. The summed E-state index contributed by atoms with van der Waals surface area (Å²) in [5.41, 5.74) is 2.46. The Hall–Kier alpha value is -1.80. The van der Waals surface area contributed by atoms with Crippen LogP contribution in [-0.4, -0.2) is 7.11 Å². The second-order valence-electron chi connectivity index (χ2n) is 4.18. The number of ether oxygens (including phenoxy) is 2. The van der Waals surface area contributed by atoms with Crippen molar-refractivity contribution in [2.24, 2.45) is 0 Å². The predicted octanol–water partition coefficient (Wildman–Crippen LogP) is 4.19. The Balaban J connectivity index is 2.03. The van der Waals surface area contributed by atoms with Crippen molar-refractivity contribution in [1.82, 2.24) is 0 Å². The minimum Gasteiger partial charge on any atom is -0.457 e. The van der Waals surface area contributed by atoms with Gasteiger partial charge in [-0.2, -0.15) is 0 Å². The molecule has 2 heteroatoms. The van der Waals surface area contributed by atoms with E-state index in [0.29, 0.717) is 6.61 Å². The van der Waals surface area contributed by atoms with E-state index in [9.17, 15) is 0 Å². The highest BCUT2D eigenvalue weighted by Crippen LogP contribution is 2.22. The van der Waals surface area contributed by atoms with Crippen LogP contribution in [0.2, 0.25) is 0 Å². The molecule has 2 rings (SSSR count). The third-order valence-electron chi connectivity index (χ3n) is 2.80. The van der Waals surface area contributed by atoms with Gasteiger partial charge in [-0.1, -0.05) is 31.2 Å². The summed E-state index contributed by atoms with van der Waals surface area (Å²) in [6.45, 7) is 2.77. The van der Waals surface area contributed by atoms with Crippen molar-refractivity contribution in [2.45, 2.75) is 20.0 Å². The average molecular weight is 242 g/mol. The van der Waals surface area contributed by atoms with Gasteiger partial charge in [-0.15, -0.1) is 0 Å². The zero-order valence-corrected chi connectivity index (χ0v) is 10.8. The van der Waals surface area contributed by atoms with Gasteiger partial charge in [0.1, 0.15) is 11.5 Å². The van der Waals surface area contributed by atoms with Crippen LogP contribution in [-0.2, 0) is 17.8 Å². The SMILES string of the molecule is CCc1ccc(Oc2ccc(COC)cc2)cc1. The highest BCUT2D eigenvalue weighted by atomic mass is 16.5. The minimum atomic E-state index is 0.630. The van der Waals surface area contributed by atoms with Gasteiger partial charge in [0.2, 0.25) is 0 Å². The molecule has 0 aliphatic heterocycles. The van der Waals surface area contributed by atoms with Gasteiger partial charge in [-0.25, -0.2) is 0 Å². The quantitative estimate of drug-likeness (QED) is 0.782. The summed E-state index contributed by atoms with van der Waals surface area (Å²) in [7, 11) is 1.69. The van der Waals surface area contributed by atoms with E-state index < -0.39 is 0 Å². The first-order valence-corrected chi connectivity index (χ1v) is 6.16. The normalized spacial score (nSPS) is 10.3. The maximum atomic E-state index is 5.77. The van der Waals surface area contributed by atoms with Gasteiger partial charge in [-0.3, -0.25) is 0 Å². The molecular weight excluding hydrogens is 224 g/mol. The van der Waals surface area contributed by atoms with Crippen molar-refractivity contribution >= 4 is 0 Å². The van der Waals surface area contributed by atoms with Crippen molar-refractivity contribution in [3.8, 4) is 11.5 Å². The van der Waals surface area contributed by atoms with Crippen LogP contribution in [0.4, 0.5) is 0 Å². The van der Waals surface area contributed by atoms with Gasteiger partial charge in [-0.05, 0) is 41.8 Å². The van der Waals surface area contributed by atoms with E-state index in [0.717, 1.165) is 23.5 Å². The lowest BCUT2D eigenvalue weighted by Gasteiger charge is -2.07. The molecule has 2 nitrogen and oxygen atoms in total. The molecule has 0 spiro atoms. The maximum absolute atomic E-state index is 5.77. The van der Waals surface area contributed by atoms with Crippen molar-refractivity contribution in [1.29, 1.82) is 0 Å². The molecule has 0 saturated carbocycles. The van der Waals surface area contributed by atoms with Crippen molar-refractivity contribution in [2.75, 3.05) is 7.11 Å². The lowest BCUT2D eigenvalue weighted by molar-refractivity contribution is 0.185. The van der Waals surface area contributed by atoms with Crippen molar-refractivity contribution in [3.05, 3.63) is 59.7 Å². The molecule has 0 unspecified atom stereocenters. The molecule has 0 fully saturated rings. The lowest BCUT2D eigenvalue weighted by Crippen LogP contribution is -1.88. The van der Waals surface area contributed by atoms with Crippen LogP contribution in [0.25, 0.3) is 0 Å². The van der Waals surface area contributed by atoms with Gasteiger partial charge >= 0.3 is 0 Å². The highest BCUT2D eigenvalue weighted by molar-refractivity contribution is 5.34. The zero-order valence-electron chi connectivity index (χ0n) is 10.8. The first-order chi connectivity index (χ1) is 8.81. The van der Waals surface area contributed by atoms with Crippen molar-refractivity contribution < 1.29 is 9.47 Å². The number of methoxy groups -OCH3 is 1. The molecule has 0 aliphatic carbocycles. The van der Waals surface area contributed by atoms with Gasteiger partial charge in [0.05, 0.1) is 6.61 Å². The second kappa shape index (κ2) is 6.22. The number of rotatable bonds is 5. The molecule has 18 heavy (non-hydrogen) atoms. The molecule has 2 aromatic carbocycles. The molecule has 0 atom stereocenters. The van der Waals surface area contributed by atoms with Crippen LogP contribution >= 0.6 is 0 Å². The molecule has 2 aromatic rings. The second-order valence-corrected chi connectivity index (χ2v) is 4.18. The van der Waals surface area contributed by atoms with Crippen LogP contribution in [0.3, 0.4) is 0 Å². The summed E-state index contributed by atoms with van der Waals surface area (Å²) in [5, 5.41) is 0. The van der Waals surface area contributed by atoms with Gasteiger partial charge in [0.25, 0.3) is 0 Å². The Morgan fingerprint density at radius 2 is 1.28 bits per heavy atom. The Morgan fingerprint density at radius 1 is 0.778 bits per heavy atom. The Bertz CT molecular complexity index is 471. The molecule has 0 amide bonds. The van der Waals surface area contributed by atoms with Crippen LogP contribution in [0.15, 0.2) is 48.5 Å². The molecule has 0 N–H and O–H groups in total. The van der Waals surface area contributed by atoms with Crippen LogP contribution in [0.1, 0.15) is 18.1 Å². The summed E-state index contributed by atoms with van der Waals surface area (Å²) < 4.78 is 10.8. The van der Waals surface area contributed by atoms with E-state index in [1.165, 1.54) is 5.56 Å². The summed E-state index contributed by atoms with van der Waals surface area (Å²) in [6, 6.07) is 16.1. The first kappa shape index (κ1) is 12.7. The van der Waals surface area contributed by atoms with Gasteiger partial charge < -0.3 is 9.47 Å². The monoisotopic (exact) mass is 242 g/mol. The highest BCUT2D eigenvalue weighted by Gasteiger charge is 1.98. The predicted molar refractivity (Wildman–Crippen MR) is 73.0 cm³/mol. The topological polar surface area (TPSA) is 18.5 Å². The van der Waals surface area contributed by atoms with E-state index in [4.69, 9.17) is 9.47 Å². The van der Waals surface area contributed by atoms with Crippen LogP contribution in [0, 0.1) is 0 Å². The fourth-order valence-corrected chi connectivity index (χ4v) is 1.75. The molecule has 0 radical (unpaired) electrons. The Kier molecular flexibility index (Phi) is 4.37. The fourth-order valence-electron chi connectivity index (χ4n) is 1.75. The van der Waals surface area contributed by atoms with E-state index in [1.807, 2.05) is 36.4 Å². The third kappa shape index (κ3) is 3.34. The minimum absolute atomic E-state index is 0.630. The standard InChI is InChI=1S/C16H18O2/c1-3-13-4-8-15(9-5-13)18-16-10-6-14(7-11-16)12-17-2/h4-11H,3,12H2,1-2H3. The number of hydrogen-bond donors (Lipinski definition) is 0. The van der Waals surface area contributed by atoms with Crippen LogP contribution in [0.5, 0.6) is 11.5 Å². The fraction of sp³-hybridized carbons (Fsp3) is 0.250. The number of aryl methyl sites for hydroxylation is 1. The summed E-state index contributed by atoms with van der Waals surface area (Å²) >= 11 is 0. The Labute approximate surface area is 108 Å². The molecule has 0 saturated heterocycles.